The maximum absolute atomic E-state index is 12.2. The van der Waals surface area contributed by atoms with Crippen molar-refractivity contribution in [1.82, 2.24) is 9.55 Å². The van der Waals surface area contributed by atoms with Gasteiger partial charge in [-0.25, -0.2) is 0 Å². The van der Waals surface area contributed by atoms with Crippen LogP contribution in [0.15, 0.2) is 27.5 Å². The highest BCUT2D eigenvalue weighted by molar-refractivity contribution is 9.10. The van der Waals surface area contributed by atoms with Crippen LogP contribution in [0, 0.1) is 4.77 Å². The second kappa shape index (κ2) is 3.53. The van der Waals surface area contributed by atoms with Gasteiger partial charge in [-0.2, -0.15) is 0 Å². The van der Waals surface area contributed by atoms with Crippen LogP contribution in [0.25, 0.3) is 10.9 Å². The van der Waals surface area contributed by atoms with E-state index in [1.165, 1.54) is 0 Å². The molecule has 0 aliphatic heterocycles. The van der Waals surface area contributed by atoms with Gasteiger partial charge in [-0.1, -0.05) is 15.9 Å². The lowest BCUT2D eigenvalue weighted by Gasteiger charge is -2.06. The first-order valence-corrected chi connectivity index (χ1v) is 6.31. The van der Waals surface area contributed by atoms with Gasteiger partial charge in [0.05, 0.1) is 10.9 Å². The van der Waals surface area contributed by atoms with Crippen LogP contribution in [-0.4, -0.2) is 9.55 Å². The molecular formula is C11H9BrN2OS. The van der Waals surface area contributed by atoms with Gasteiger partial charge < -0.3 is 4.98 Å². The SMILES string of the molecule is O=c1c2ccc(Br)cc2[nH]c(=S)n1C1CC1. The first-order chi connectivity index (χ1) is 7.66. The van der Waals surface area contributed by atoms with E-state index in [2.05, 4.69) is 20.9 Å². The molecule has 2 aromatic rings. The van der Waals surface area contributed by atoms with Crippen molar-refractivity contribution in [2.24, 2.45) is 0 Å². The Balaban J connectivity index is 2.43. The highest BCUT2D eigenvalue weighted by Crippen LogP contribution is 2.33. The molecule has 1 heterocycles. The third kappa shape index (κ3) is 1.55. The molecule has 1 N–H and O–H groups in total. The number of halogens is 1. The van der Waals surface area contributed by atoms with E-state index in [0.717, 1.165) is 22.8 Å². The molecule has 1 aliphatic rings. The molecule has 3 nitrogen and oxygen atoms in total. The lowest BCUT2D eigenvalue weighted by atomic mass is 10.2. The third-order valence-corrected chi connectivity index (χ3v) is 3.60. The predicted octanol–water partition coefficient (Wildman–Crippen LogP) is 3.16. The van der Waals surface area contributed by atoms with Crippen LogP contribution in [0.5, 0.6) is 0 Å². The van der Waals surface area contributed by atoms with Gasteiger partial charge in [0, 0.05) is 10.5 Å². The molecule has 1 aliphatic carbocycles. The fraction of sp³-hybridized carbons (Fsp3) is 0.273. The van der Waals surface area contributed by atoms with Crippen molar-refractivity contribution >= 4 is 39.1 Å². The molecule has 5 heteroatoms. The summed E-state index contributed by atoms with van der Waals surface area (Å²) in [7, 11) is 0. The number of hydrogen-bond acceptors (Lipinski definition) is 2. The Hall–Kier alpha value is -0.940. The third-order valence-electron chi connectivity index (χ3n) is 2.80. The van der Waals surface area contributed by atoms with Crippen molar-refractivity contribution in [3.63, 3.8) is 0 Å². The van der Waals surface area contributed by atoms with Crippen molar-refractivity contribution in [2.45, 2.75) is 18.9 Å². The standard InChI is InChI=1S/C11H9BrN2OS/c12-6-1-4-8-9(5-6)13-11(16)14(10(8)15)7-2-3-7/h1,4-5,7H,2-3H2,(H,13,16). The smallest absolute Gasteiger partial charge is 0.262 e. The number of hydrogen-bond donors (Lipinski definition) is 1. The number of rotatable bonds is 1. The zero-order valence-electron chi connectivity index (χ0n) is 8.37. The number of fused-ring (bicyclic) bond motifs is 1. The minimum atomic E-state index is 0.0220. The molecular weight excluding hydrogens is 288 g/mol. The summed E-state index contributed by atoms with van der Waals surface area (Å²) in [6.45, 7) is 0. The summed E-state index contributed by atoms with van der Waals surface area (Å²) in [4.78, 5) is 15.3. The van der Waals surface area contributed by atoms with Gasteiger partial charge in [0.15, 0.2) is 4.77 Å². The van der Waals surface area contributed by atoms with Crippen LogP contribution in [0.4, 0.5) is 0 Å². The number of nitrogens with one attached hydrogen (secondary N) is 1. The lowest BCUT2D eigenvalue weighted by Crippen LogP contribution is -2.21. The quantitative estimate of drug-likeness (QED) is 0.821. The average Bonchev–Trinajstić information content (AvgIpc) is 3.01. The van der Waals surface area contributed by atoms with Crippen LogP contribution < -0.4 is 5.56 Å². The summed E-state index contributed by atoms with van der Waals surface area (Å²) in [6, 6.07) is 5.89. The molecule has 1 saturated carbocycles. The fourth-order valence-electron chi connectivity index (χ4n) is 1.87. The monoisotopic (exact) mass is 296 g/mol. The second-order valence-corrected chi connectivity index (χ2v) is 5.33. The molecule has 0 atom stereocenters. The largest absolute Gasteiger partial charge is 0.332 e. The topological polar surface area (TPSA) is 37.8 Å². The summed E-state index contributed by atoms with van der Waals surface area (Å²) >= 11 is 8.60. The lowest BCUT2D eigenvalue weighted by molar-refractivity contribution is 0.686. The summed E-state index contributed by atoms with van der Waals surface area (Å²) in [5.74, 6) is 0. The Bertz CT molecular complexity index is 684. The Morgan fingerprint density at radius 3 is 2.88 bits per heavy atom. The van der Waals surface area contributed by atoms with Crippen molar-refractivity contribution in [3.05, 3.63) is 37.8 Å². The fourth-order valence-corrected chi connectivity index (χ4v) is 2.57. The van der Waals surface area contributed by atoms with E-state index in [1.807, 2.05) is 18.2 Å². The maximum atomic E-state index is 12.2. The number of aromatic amines is 1. The van der Waals surface area contributed by atoms with Gasteiger partial charge >= 0.3 is 0 Å². The van der Waals surface area contributed by atoms with Crippen LogP contribution in [-0.2, 0) is 0 Å². The summed E-state index contributed by atoms with van der Waals surface area (Å²) < 4.78 is 3.17. The van der Waals surface area contributed by atoms with E-state index in [0.29, 0.717) is 16.2 Å². The van der Waals surface area contributed by atoms with Gasteiger partial charge in [0.1, 0.15) is 0 Å². The Morgan fingerprint density at radius 2 is 2.19 bits per heavy atom. The zero-order chi connectivity index (χ0) is 11.3. The second-order valence-electron chi connectivity index (χ2n) is 4.03. The Labute approximate surface area is 105 Å². The normalized spacial score (nSPS) is 15.6. The van der Waals surface area contributed by atoms with Crippen LogP contribution in [0.2, 0.25) is 0 Å². The summed E-state index contributed by atoms with van der Waals surface area (Å²) in [6.07, 6.45) is 2.11. The number of nitrogens with zero attached hydrogens (tertiary/aromatic N) is 1. The molecule has 0 unspecified atom stereocenters. The van der Waals surface area contributed by atoms with Crippen molar-refractivity contribution in [1.29, 1.82) is 0 Å². The van der Waals surface area contributed by atoms with Gasteiger partial charge in [0.2, 0.25) is 0 Å². The highest BCUT2D eigenvalue weighted by atomic mass is 79.9. The van der Waals surface area contributed by atoms with Gasteiger partial charge in [-0.05, 0) is 43.3 Å². The van der Waals surface area contributed by atoms with Crippen LogP contribution >= 0.6 is 28.1 Å². The molecule has 82 valence electrons. The van der Waals surface area contributed by atoms with Gasteiger partial charge in [0.25, 0.3) is 5.56 Å². The molecule has 0 bridgehead atoms. The molecule has 3 rings (SSSR count). The number of H-pyrrole nitrogens is 1. The molecule has 1 aromatic carbocycles. The predicted molar refractivity (Wildman–Crippen MR) is 69.4 cm³/mol. The summed E-state index contributed by atoms with van der Waals surface area (Å²) in [5.41, 5.74) is 0.815. The Kier molecular flexibility index (Phi) is 2.26. The molecule has 1 aromatic heterocycles. The molecule has 16 heavy (non-hydrogen) atoms. The van der Waals surface area contributed by atoms with E-state index in [-0.39, 0.29) is 5.56 Å². The van der Waals surface area contributed by atoms with Crippen molar-refractivity contribution < 1.29 is 0 Å². The molecule has 0 radical (unpaired) electrons. The minimum absolute atomic E-state index is 0.0220. The highest BCUT2D eigenvalue weighted by Gasteiger charge is 2.26. The van der Waals surface area contributed by atoms with Gasteiger partial charge in [-0.15, -0.1) is 0 Å². The maximum Gasteiger partial charge on any atom is 0.262 e. The van der Waals surface area contributed by atoms with Crippen molar-refractivity contribution in [3.8, 4) is 0 Å². The zero-order valence-corrected chi connectivity index (χ0v) is 10.8. The van der Waals surface area contributed by atoms with E-state index >= 15 is 0 Å². The minimum Gasteiger partial charge on any atom is -0.332 e. The Morgan fingerprint density at radius 1 is 1.44 bits per heavy atom. The first-order valence-electron chi connectivity index (χ1n) is 5.11. The number of aromatic nitrogens is 2. The van der Waals surface area contributed by atoms with Crippen LogP contribution in [0.1, 0.15) is 18.9 Å². The van der Waals surface area contributed by atoms with E-state index < -0.39 is 0 Å². The molecule has 0 saturated heterocycles. The molecule has 0 spiro atoms. The first kappa shape index (κ1) is 10.2. The van der Waals surface area contributed by atoms with E-state index in [9.17, 15) is 4.79 Å². The van der Waals surface area contributed by atoms with E-state index in [4.69, 9.17) is 12.2 Å². The number of benzene rings is 1. The molecule has 1 fully saturated rings. The van der Waals surface area contributed by atoms with Crippen LogP contribution in [0.3, 0.4) is 0 Å². The van der Waals surface area contributed by atoms with Crippen molar-refractivity contribution in [2.75, 3.05) is 0 Å². The summed E-state index contributed by atoms with van der Waals surface area (Å²) in [5, 5.41) is 0.698. The van der Waals surface area contributed by atoms with E-state index in [1.54, 1.807) is 4.57 Å². The molecule has 0 amide bonds. The van der Waals surface area contributed by atoms with Gasteiger partial charge in [-0.3, -0.25) is 9.36 Å². The average molecular weight is 297 g/mol.